The molecule has 29 heavy (non-hydrogen) atoms. The standard InChI is InChI=1S/C20H23F5N2O2/c1-12(2)10-19(3,26)11-28-16-5-4-13(9-17(16)29-20(23,24)25)14-6-7-27-15(8-14)18(21)22/h4-9,12,18H,10-11,26H2,1-3H3. The molecule has 2 N–H and O–H groups in total. The molecule has 1 atom stereocenters. The summed E-state index contributed by atoms with van der Waals surface area (Å²) >= 11 is 0. The Morgan fingerprint density at radius 3 is 2.28 bits per heavy atom. The summed E-state index contributed by atoms with van der Waals surface area (Å²) < 4.78 is 73.9. The van der Waals surface area contributed by atoms with Gasteiger partial charge in [0.25, 0.3) is 6.43 Å². The Hall–Kier alpha value is -2.42. The maximum absolute atomic E-state index is 12.9. The lowest BCUT2D eigenvalue weighted by atomic mass is 9.93. The molecule has 0 aliphatic carbocycles. The van der Waals surface area contributed by atoms with Gasteiger partial charge in [0.15, 0.2) is 11.5 Å². The Morgan fingerprint density at radius 1 is 1.03 bits per heavy atom. The monoisotopic (exact) mass is 418 g/mol. The fourth-order valence-electron chi connectivity index (χ4n) is 2.99. The van der Waals surface area contributed by atoms with Crippen molar-refractivity contribution in [1.29, 1.82) is 0 Å². The van der Waals surface area contributed by atoms with Gasteiger partial charge < -0.3 is 15.2 Å². The van der Waals surface area contributed by atoms with E-state index >= 15 is 0 Å². The first-order valence-electron chi connectivity index (χ1n) is 8.92. The lowest BCUT2D eigenvalue weighted by molar-refractivity contribution is -0.275. The molecule has 9 heteroatoms. The van der Waals surface area contributed by atoms with Crippen LogP contribution in [0.25, 0.3) is 11.1 Å². The van der Waals surface area contributed by atoms with Crippen molar-refractivity contribution in [1.82, 2.24) is 4.98 Å². The number of hydrogen-bond acceptors (Lipinski definition) is 4. The van der Waals surface area contributed by atoms with E-state index in [0.717, 1.165) is 18.3 Å². The number of aromatic nitrogens is 1. The highest BCUT2D eigenvalue weighted by Crippen LogP contribution is 2.37. The van der Waals surface area contributed by atoms with Gasteiger partial charge in [-0.1, -0.05) is 19.9 Å². The molecular weight excluding hydrogens is 395 g/mol. The molecule has 1 heterocycles. The first-order valence-corrected chi connectivity index (χ1v) is 8.92. The fraction of sp³-hybridized carbons (Fsp3) is 0.450. The normalized spacial score (nSPS) is 14.2. The number of halogens is 5. The predicted octanol–water partition coefficient (Wildman–Crippen LogP) is 5.73. The van der Waals surface area contributed by atoms with Gasteiger partial charge >= 0.3 is 6.36 Å². The summed E-state index contributed by atoms with van der Waals surface area (Å²) in [5, 5.41) is 0. The molecule has 0 saturated carbocycles. The van der Waals surface area contributed by atoms with Gasteiger partial charge in [0.05, 0.1) is 0 Å². The predicted molar refractivity (Wildman–Crippen MR) is 98.9 cm³/mol. The third kappa shape index (κ3) is 7.16. The molecular formula is C20H23F5N2O2. The number of pyridine rings is 1. The summed E-state index contributed by atoms with van der Waals surface area (Å²) in [4.78, 5) is 3.54. The summed E-state index contributed by atoms with van der Waals surface area (Å²) in [6.07, 6.45) is -5.98. The van der Waals surface area contributed by atoms with Crippen LogP contribution in [0.4, 0.5) is 22.0 Å². The fourth-order valence-corrected chi connectivity index (χ4v) is 2.99. The van der Waals surface area contributed by atoms with Crippen molar-refractivity contribution in [2.75, 3.05) is 6.61 Å². The molecule has 0 aliphatic heterocycles. The Kier molecular flexibility index (Phi) is 7.05. The Labute approximate surface area is 165 Å². The minimum Gasteiger partial charge on any atom is -0.488 e. The second-order valence-corrected chi connectivity index (χ2v) is 7.52. The van der Waals surface area contributed by atoms with Crippen molar-refractivity contribution < 1.29 is 31.4 Å². The maximum atomic E-state index is 12.9. The summed E-state index contributed by atoms with van der Waals surface area (Å²) in [5.41, 5.74) is 5.44. The maximum Gasteiger partial charge on any atom is 0.573 e. The van der Waals surface area contributed by atoms with Crippen LogP contribution in [0.3, 0.4) is 0 Å². The van der Waals surface area contributed by atoms with Gasteiger partial charge in [0.1, 0.15) is 12.3 Å². The highest BCUT2D eigenvalue weighted by molar-refractivity contribution is 5.67. The van der Waals surface area contributed by atoms with E-state index in [-0.39, 0.29) is 29.4 Å². The highest BCUT2D eigenvalue weighted by atomic mass is 19.4. The second kappa shape index (κ2) is 8.94. The van der Waals surface area contributed by atoms with E-state index in [0.29, 0.717) is 6.42 Å². The van der Waals surface area contributed by atoms with Crippen LogP contribution in [0.2, 0.25) is 0 Å². The van der Waals surface area contributed by atoms with E-state index in [1.165, 1.54) is 18.2 Å². The molecule has 2 aromatic rings. The van der Waals surface area contributed by atoms with Crippen molar-refractivity contribution in [3.8, 4) is 22.6 Å². The van der Waals surface area contributed by atoms with Gasteiger partial charge in [-0.25, -0.2) is 8.78 Å². The average Bonchev–Trinajstić information content (AvgIpc) is 2.58. The SMILES string of the molecule is CC(C)CC(C)(N)COc1ccc(-c2ccnc(C(F)F)c2)cc1OC(F)(F)F. The zero-order chi connectivity index (χ0) is 21.8. The summed E-state index contributed by atoms with van der Waals surface area (Å²) in [5.74, 6) is -0.446. The molecule has 1 aromatic carbocycles. The minimum absolute atomic E-state index is 0.0243. The molecule has 0 saturated heterocycles. The molecule has 0 radical (unpaired) electrons. The number of nitrogens with zero attached hydrogens (tertiary/aromatic N) is 1. The van der Waals surface area contributed by atoms with Crippen molar-refractivity contribution in [3.63, 3.8) is 0 Å². The molecule has 1 aromatic heterocycles. The van der Waals surface area contributed by atoms with Crippen LogP contribution in [0.1, 0.15) is 39.3 Å². The van der Waals surface area contributed by atoms with Crippen LogP contribution < -0.4 is 15.2 Å². The molecule has 2 rings (SSSR count). The van der Waals surface area contributed by atoms with Crippen LogP contribution in [-0.4, -0.2) is 23.5 Å². The molecule has 160 valence electrons. The van der Waals surface area contributed by atoms with E-state index < -0.39 is 29.8 Å². The second-order valence-electron chi connectivity index (χ2n) is 7.52. The number of alkyl halides is 5. The van der Waals surface area contributed by atoms with Crippen LogP contribution in [-0.2, 0) is 0 Å². The third-order valence-electron chi connectivity index (χ3n) is 3.94. The van der Waals surface area contributed by atoms with Crippen LogP contribution in [0, 0.1) is 5.92 Å². The molecule has 4 nitrogen and oxygen atoms in total. The Morgan fingerprint density at radius 2 is 1.69 bits per heavy atom. The molecule has 0 bridgehead atoms. The van der Waals surface area contributed by atoms with Gasteiger partial charge in [0, 0.05) is 11.7 Å². The lowest BCUT2D eigenvalue weighted by Gasteiger charge is -2.27. The number of benzene rings is 1. The molecule has 0 aliphatic rings. The number of rotatable bonds is 8. The Bertz CT molecular complexity index is 823. The van der Waals surface area contributed by atoms with Gasteiger partial charge in [-0.15, -0.1) is 13.2 Å². The first-order chi connectivity index (χ1) is 13.4. The minimum atomic E-state index is -4.95. The van der Waals surface area contributed by atoms with E-state index in [1.54, 1.807) is 6.92 Å². The van der Waals surface area contributed by atoms with Gasteiger partial charge in [0.2, 0.25) is 0 Å². The average molecular weight is 418 g/mol. The van der Waals surface area contributed by atoms with Crippen molar-refractivity contribution in [2.24, 2.45) is 11.7 Å². The van der Waals surface area contributed by atoms with Gasteiger partial charge in [-0.3, -0.25) is 4.98 Å². The van der Waals surface area contributed by atoms with Gasteiger partial charge in [-0.05, 0) is 54.7 Å². The largest absolute Gasteiger partial charge is 0.573 e. The zero-order valence-electron chi connectivity index (χ0n) is 16.3. The van der Waals surface area contributed by atoms with Crippen molar-refractivity contribution >= 4 is 0 Å². The van der Waals surface area contributed by atoms with E-state index in [9.17, 15) is 22.0 Å². The number of ether oxygens (including phenoxy) is 2. The van der Waals surface area contributed by atoms with Gasteiger partial charge in [-0.2, -0.15) is 0 Å². The van der Waals surface area contributed by atoms with Crippen LogP contribution in [0.15, 0.2) is 36.5 Å². The van der Waals surface area contributed by atoms with Crippen molar-refractivity contribution in [3.05, 3.63) is 42.2 Å². The van der Waals surface area contributed by atoms with E-state index in [2.05, 4.69) is 9.72 Å². The van der Waals surface area contributed by atoms with Crippen LogP contribution in [0.5, 0.6) is 11.5 Å². The highest BCUT2D eigenvalue weighted by Gasteiger charge is 2.33. The van der Waals surface area contributed by atoms with Crippen LogP contribution >= 0.6 is 0 Å². The molecule has 0 spiro atoms. The summed E-state index contributed by atoms with van der Waals surface area (Å²) in [6.45, 7) is 5.67. The third-order valence-corrected chi connectivity index (χ3v) is 3.94. The Balaban J connectivity index is 2.34. The number of nitrogens with two attached hydrogens (primary N) is 1. The van der Waals surface area contributed by atoms with E-state index in [1.807, 2.05) is 13.8 Å². The topological polar surface area (TPSA) is 57.4 Å². The summed E-state index contributed by atoms with van der Waals surface area (Å²) in [6, 6.07) is 6.36. The molecule has 0 amide bonds. The summed E-state index contributed by atoms with van der Waals surface area (Å²) in [7, 11) is 0. The van der Waals surface area contributed by atoms with E-state index in [4.69, 9.17) is 10.5 Å². The zero-order valence-corrected chi connectivity index (χ0v) is 16.3. The number of hydrogen-bond donors (Lipinski definition) is 1. The molecule has 0 fully saturated rings. The molecule has 1 unspecified atom stereocenters. The lowest BCUT2D eigenvalue weighted by Crippen LogP contribution is -2.43. The smallest absolute Gasteiger partial charge is 0.488 e. The first kappa shape index (κ1) is 22.9. The van der Waals surface area contributed by atoms with Crippen molar-refractivity contribution in [2.45, 2.75) is 45.5 Å². The quantitative estimate of drug-likeness (QED) is 0.557.